The van der Waals surface area contributed by atoms with Crippen LogP contribution in [0.2, 0.25) is 0 Å². The third-order valence-corrected chi connectivity index (χ3v) is 4.57. The average molecular weight is 394 g/mol. The van der Waals surface area contributed by atoms with Gasteiger partial charge in [0.1, 0.15) is 12.4 Å². The zero-order valence-electron chi connectivity index (χ0n) is 15.7. The molecule has 0 aliphatic rings. The number of hydrogen-bond donors (Lipinski definition) is 1. The molecule has 1 unspecified atom stereocenters. The number of amides is 1. The molecule has 1 amide bonds. The molecule has 148 valence electrons. The molecule has 3 rings (SSSR count). The number of para-hydroxylation sites is 1. The van der Waals surface area contributed by atoms with Crippen LogP contribution in [0.5, 0.6) is 0 Å². The number of nitrogens with one attached hydrogen (secondary N) is 1. The molecule has 29 heavy (non-hydrogen) atoms. The maximum absolute atomic E-state index is 14.6. The van der Waals surface area contributed by atoms with E-state index in [2.05, 4.69) is 10.2 Å². The van der Waals surface area contributed by atoms with Gasteiger partial charge in [0.25, 0.3) is 5.09 Å². The van der Waals surface area contributed by atoms with Gasteiger partial charge in [0.05, 0.1) is 5.92 Å². The van der Waals surface area contributed by atoms with Gasteiger partial charge >= 0.3 is 0 Å². The monoisotopic (exact) mass is 394 g/mol. The lowest BCUT2D eigenvalue weighted by atomic mass is 9.96. The Kier molecular flexibility index (Phi) is 6.19. The third kappa shape index (κ3) is 4.95. The number of hydrogen-bond acceptors (Lipinski definition) is 4. The highest BCUT2D eigenvalue weighted by atomic mass is 19.1. The van der Waals surface area contributed by atoms with Crippen LogP contribution in [0.1, 0.15) is 24.0 Å². The zero-order valence-corrected chi connectivity index (χ0v) is 15.7. The van der Waals surface area contributed by atoms with Crippen LogP contribution >= 0.6 is 0 Å². The van der Waals surface area contributed by atoms with E-state index >= 15 is 0 Å². The second-order valence-corrected chi connectivity index (χ2v) is 6.47. The van der Waals surface area contributed by atoms with Crippen LogP contribution in [-0.4, -0.2) is 11.0 Å². The van der Waals surface area contributed by atoms with Gasteiger partial charge in [-0.15, -0.1) is 10.1 Å². The molecule has 6 nitrogen and oxygen atoms in total. The molecule has 0 spiro atoms. The van der Waals surface area contributed by atoms with E-state index in [1.807, 2.05) is 30.3 Å². The van der Waals surface area contributed by atoms with Crippen molar-refractivity contribution >= 4 is 11.6 Å². The van der Waals surface area contributed by atoms with E-state index in [0.29, 0.717) is 22.4 Å². The lowest BCUT2D eigenvalue weighted by Gasteiger charge is -2.16. The molecular weight excluding hydrogens is 375 g/mol. The fourth-order valence-corrected chi connectivity index (χ4v) is 2.94. The van der Waals surface area contributed by atoms with Gasteiger partial charge in [-0.1, -0.05) is 60.7 Å². The molecule has 7 heteroatoms. The van der Waals surface area contributed by atoms with Crippen molar-refractivity contribution in [3.8, 4) is 11.1 Å². The van der Waals surface area contributed by atoms with Gasteiger partial charge in [0, 0.05) is 16.8 Å². The van der Waals surface area contributed by atoms with Crippen molar-refractivity contribution in [1.29, 1.82) is 0 Å². The third-order valence-electron chi connectivity index (χ3n) is 4.57. The van der Waals surface area contributed by atoms with Crippen LogP contribution < -0.4 is 5.32 Å². The molecule has 0 bridgehead atoms. The lowest BCUT2D eigenvalue weighted by Crippen LogP contribution is -2.20. The van der Waals surface area contributed by atoms with Crippen molar-refractivity contribution in [3.05, 3.63) is 99.9 Å². The number of carbonyl (C=O) groups excluding carboxylic acids is 1. The standard InChI is InChI=1S/C22H19FN2O4/c1-15(17-11-12-19(20(23)13-17)16-7-3-2-4-8-16)22(26)24-21-10-6-5-9-18(21)14-29-25(27)28/h2-13,15H,14H2,1H3,(H,24,26). The lowest BCUT2D eigenvalue weighted by molar-refractivity contribution is -0.762. The topological polar surface area (TPSA) is 81.5 Å². The highest BCUT2D eigenvalue weighted by Gasteiger charge is 2.18. The Labute approximate surface area is 167 Å². The number of benzene rings is 3. The van der Waals surface area contributed by atoms with E-state index in [-0.39, 0.29) is 12.5 Å². The number of rotatable bonds is 7. The molecule has 0 aromatic heterocycles. The van der Waals surface area contributed by atoms with Crippen LogP contribution in [0.4, 0.5) is 10.1 Å². The highest BCUT2D eigenvalue weighted by molar-refractivity contribution is 5.96. The van der Waals surface area contributed by atoms with Gasteiger partial charge in [-0.25, -0.2) is 4.39 Å². The minimum absolute atomic E-state index is 0.280. The largest absolute Gasteiger partial charge is 0.325 e. The number of carbonyl (C=O) groups is 1. The Morgan fingerprint density at radius 3 is 2.48 bits per heavy atom. The summed E-state index contributed by atoms with van der Waals surface area (Å²) in [5.41, 5.74) is 2.62. The van der Waals surface area contributed by atoms with Crippen molar-refractivity contribution in [2.24, 2.45) is 0 Å². The summed E-state index contributed by atoms with van der Waals surface area (Å²) in [6, 6.07) is 20.5. The molecule has 0 radical (unpaired) electrons. The van der Waals surface area contributed by atoms with Crippen molar-refractivity contribution in [1.82, 2.24) is 0 Å². The van der Waals surface area contributed by atoms with E-state index in [1.54, 1.807) is 43.3 Å². The highest BCUT2D eigenvalue weighted by Crippen LogP contribution is 2.27. The molecule has 0 saturated carbocycles. The van der Waals surface area contributed by atoms with Gasteiger partial charge in [-0.3, -0.25) is 4.79 Å². The summed E-state index contributed by atoms with van der Waals surface area (Å²) >= 11 is 0. The van der Waals surface area contributed by atoms with Crippen molar-refractivity contribution in [2.75, 3.05) is 5.32 Å². The molecule has 0 aliphatic carbocycles. The summed E-state index contributed by atoms with van der Waals surface area (Å²) in [5, 5.41) is 12.3. The fraction of sp³-hybridized carbons (Fsp3) is 0.136. The predicted octanol–water partition coefficient (Wildman–Crippen LogP) is 4.94. The summed E-state index contributed by atoms with van der Waals surface area (Å²) in [4.78, 5) is 27.5. The summed E-state index contributed by atoms with van der Waals surface area (Å²) in [5.74, 6) is -1.39. The second-order valence-electron chi connectivity index (χ2n) is 6.47. The van der Waals surface area contributed by atoms with Crippen LogP contribution in [0, 0.1) is 15.9 Å². The average Bonchev–Trinajstić information content (AvgIpc) is 2.73. The Morgan fingerprint density at radius 1 is 1.10 bits per heavy atom. The Hall–Kier alpha value is -3.74. The SMILES string of the molecule is CC(C(=O)Nc1ccccc1CO[N+](=O)[O-])c1ccc(-c2ccccc2)c(F)c1. The quantitative estimate of drug-likeness (QED) is 0.454. The van der Waals surface area contributed by atoms with Crippen LogP contribution in [0.15, 0.2) is 72.8 Å². The molecular formula is C22H19FN2O4. The molecule has 3 aromatic carbocycles. The maximum atomic E-state index is 14.6. The zero-order chi connectivity index (χ0) is 20.8. The van der Waals surface area contributed by atoms with Crippen molar-refractivity contribution in [3.63, 3.8) is 0 Å². The van der Waals surface area contributed by atoms with Gasteiger partial charge in [-0.2, -0.15) is 0 Å². The van der Waals surface area contributed by atoms with E-state index < -0.39 is 16.8 Å². The van der Waals surface area contributed by atoms with Crippen molar-refractivity contribution in [2.45, 2.75) is 19.4 Å². The van der Waals surface area contributed by atoms with Crippen LogP contribution in [0.3, 0.4) is 0 Å². The summed E-state index contributed by atoms with van der Waals surface area (Å²) in [7, 11) is 0. The van der Waals surface area contributed by atoms with E-state index in [0.717, 1.165) is 5.56 Å². The second kappa shape index (κ2) is 8.97. The van der Waals surface area contributed by atoms with E-state index in [9.17, 15) is 19.3 Å². The molecule has 1 N–H and O–H groups in total. The van der Waals surface area contributed by atoms with Crippen molar-refractivity contribution < 1.29 is 19.1 Å². The minimum atomic E-state index is -0.891. The fourth-order valence-electron chi connectivity index (χ4n) is 2.94. The van der Waals surface area contributed by atoms with E-state index in [1.165, 1.54) is 6.07 Å². The van der Waals surface area contributed by atoms with Gasteiger partial charge in [0.15, 0.2) is 0 Å². The molecule has 3 aromatic rings. The summed E-state index contributed by atoms with van der Waals surface area (Å²) < 4.78 is 14.6. The summed E-state index contributed by atoms with van der Waals surface area (Å²) in [6.07, 6.45) is 0. The first-order valence-corrected chi connectivity index (χ1v) is 8.96. The number of halogens is 1. The van der Waals surface area contributed by atoms with Gasteiger partial charge < -0.3 is 10.2 Å². The molecule has 0 fully saturated rings. The maximum Gasteiger partial charge on any atom is 0.294 e. The Balaban J connectivity index is 1.76. The Bertz CT molecular complexity index is 1020. The molecule has 0 saturated heterocycles. The number of anilines is 1. The Morgan fingerprint density at radius 2 is 1.79 bits per heavy atom. The van der Waals surface area contributed by atoms with Crippen LogP contribution in [0.25, 0.3) is 11.1 Å². The first-order chi connectivity index (χ1) is 14.0. The molecule has 0 aliphatic heterocycles. The summed E-state index contributed by atoms with van der Waals surface area (Å²) in [6.45, 7) is 1.39. The van der Waals surface area contributed by atoms with E-state index in [4.69, 9.17) is 0 Å². The normalized spacial score (nSPS) is 11.5. The van der Waals surface area contributed by atoms with Gasteiger partial charge in [0.2, 0.25) is 5.91 Å². The predicted molar refractivity (Wildman–Crippen MR) is 107 cm³/mol. The smallest absolute Gasteiger partial charge is 0.294 e. The molecule has 1 atom stereocenters. The van der Waals surface area contributed by atoms with Gasteiger partial charge in [-0.05, 0) is 30.2 Å². The van der Waals surface area contributed by atoms with Crippen LogP contribution in [-0.2, 0) is 16.2 Å². The molecule has 0 heterocycles. The minimum Gasteiger partial charge on any atom is -0.325 e. The first kappa shape index (κ1) is 20.0. The first-order valence-electron chi connectivity index (χ1n) is 8.96. The number of nitrogens with zero attached hydrogens (tertiary/aromatic N) is 1.